The molecule has 1 amide bonds. The van der Waals surface area contributed by atoms with E-state index < -0.39 is 93.8 Å². The first-order chi connectivity index (χ1) is 27.1. The molecule has 0 aliphatic heterocycles. The number of hydrogen-bond donors (Lipinski definition) is 4. The quantitative estimate of drug-likeness (QED) is 0.0969. The molecule has 2 aliphatic carbocycles. The fourth-order valence-electron chi connectivity index (χ4n) is 7.74. The standard InChI is InChI=1S/C38H34ClF6N7O5S/c1-17-27-29-32(35(42)43)48-52(34(29)38(44,45)30(17)27)15-26(54)47-25(13-18-11-19(40)14-20(41)12-18)31-22(6-5-21(46-31)9-10-37(2,55)16-53)23-7-8-24(39)28-33(23)51(3)49-36(28)50-58(4,56)57/h5-8,11-12,14,17,25,27,30,35,53,55H,13,15-16H2,1-4H3,(H,47,54)(H,49,50)/t17-,25+,27-,30-,37?/m1/s1. The zero-order valence-electron chi connectivity index (χ0n) is 31.0. The molecular formula is C38H34ClF6N7O5S. The molecule has 1 fully saturated rings. The van der Waals surface area contributed by atoms with Crippen LogP contribution in [0.15, 0.2) is 42.5 Å². The number of nitrogens with one attached hydrogen (secondary N) is 2. The third-order valence-corrected chi connectivity index (χ3v) is 11.1. The van der Waals surface area contributed by atoms with Gasteiger partial charge in [0.25, 0.3) is 12.3 Å². The Morgan fingerprint density at radius 3 is 2.40 bits per heavy atom. The molecule has 58 heavy (non-hydrogen) atoms. The van der Waals surface area contributed by atoms with Gasteiger partial charge in [0.1, 0.15) is 40.9 Å². The molecule has 3 aromatic heterocycles. The number of hydrogen-bond acceptors (Lipinski definition) is 8. The number of amides is 1. The van der Waals surface area contributed by atoms with Crippen molar-refractivity contribution in [2.24, 2.45) is 18.9 Å². The molecule has 7 rings (SSSR count). The fraction of sp³-hybridized carbons (Fsp3) is 0.368. The molecular weight excluding hydrogens is 816 g/mol. The highest BCUT2D eigenvalue weighted by Crippen LogP contribution is 2.71. The minimum Gasteiger partial charge on any atom is -0.392 e. The first kappa shape index (κ1) is 41.0. The summed E-state index contributed by atoms with van der Waals surface area (Å²) in [4.78, 5) is 18.6. The Hall–Kier alpha value is -5.16. The van der Waals surface area contributed by atoms with E-state index in [0.717, 1.165) is 18.4 Å². The SMILES string of the molecule is C[C@@H]1[C@@H]2c3c(C(F)F)nn(CC(=O)N[C@@H](Cc4cc(F)cc(F)c4)c4nc(C#CC(C)(O)CO)ccc4-c4ccc(Cl)c5c(NS(C)(=O)=O)nn(C)c45)c3C(F)(F)[C@H]12. The third kappa shape index (κ3) is 7.61. The van der Waals surface area contributed by atoms with Crippen LogP contribution in [0.4, 0.5) is 32.2 Å². The van der Waals surface area contributed by atoms with Crippen LogP contribution in [0.5, 0.6) is 0 Å². The van der Waals surface area contributed by atoms with Crippen LogP contribution in [0.2, 0.25) is 5.02 Å². The average molecular weight is 850 g/mol. The predicted octanol–water partition coefficient (Wildman–Crippen LogP) is 5.72. The molecule has 5 aromatic rings. The summed E-state index contributed by atoms with van der Waals surface area (Å²) in [5.41, 5.74) is -3.01. The maximum Gasteiger partial charge on any atom is 0.293 e. The summed E-state index contributed by atoms with van der Waals surface area (Å²) in [5, 5.41) is 30.9. The smallest absolute Gasteiger partial charge is 0.293 e. The monoisotopic (exact) mass is 849 g/mol. The van der Waals surface area contributed by atoms with Crippen molar-refractivity contribution >= 4 is 44.3 Å². The van der Waals surface area contributed by atoms with Crippen molar-refractivity contribution < 1.29 is 49.8 Å². The van der Waals surface area contributed by atoms with Crippen LogP contribution >= 0.6 is 11.6 Å². The number of alkyl halides is 4. The van der Waals surface area contributed by atoms with Crippen LogP contribution < -0.4 is 10.0 Å². The zero-order chi connectivity index (χ0) is 42.2. The second-order valence-corrected chi connectivity index (χ2v) is 16.9. The number of benzene rings is 2. The highest BCUT2D eigenvalue weighted by molar-refractivity contribution is 7.92. The van der Waals surface area contributed by atoms with Gasteiger partial charge in [0.2, 0.25) is 15.9 Å². The first-order valence-corrected chi connectivity index (χ1v) is 19.9. The fourth-order valence-corrected chi connectivity index (χ4v) is 8.48. The Balaban J connectivity index is 1.39. The van der Waals surface area contributed by atoms with E-state index in [1.165, 1.54) is 43.8 Å². The molecule has 1 unspecified atom stereocenters. The third-order valence-electron chi connectivity index (χ3n) is 10.2. The molecule has 3 heterocycles. The second-order valence-electron chi connectivity index (χ2n) is 14.7. The lowest BCUT2D eigenvalue weighted by atomic mass is 9.93. The summed E-state index contributed by atoms with van der Waals surface area (Å²) in [6, 6.07) is 7.19. The number of aromatic nitrogens is 5. The number of aliphatic hydroxyl groups excluding tert-OH is 1. The molecule has 2 aliphatic rings. The summed E-state index contributed by atoms with van der Waals surface area (Å²) in [6.07, 6.45) is -2.67. The van der Waals surface area contributed by atoms with Crippen molar-refractivity contribution in [2.45, 2.75) is 56.7 Å². The van der Waals surface area contributed by atoms with Gasteiger partial charge in [-0.3, -0.25) is 18.9 Å². The maximum absolute atomic E-state index is 15.6. The Labute approximate surface area is 332 Å². The molecule has 0 spiro atoms. The van der Waals surface area contributed by atoms with Crippen molar-refractivity contribution in [1.29, 1.82) is 0 Å². The van der Waals surface area contributed by atoms with E-state index >= 15 is 8.78 Å². The molecule has 0 saturated heterocycles. The molecule has 1 saturated carbocycles. The van der Waals surface area contributed by atoms with Crippen LogP contribution in [-0.2, 0) is 40.8 Å². The topological polar surface area (TPSA) is 164 Å². The Morgan fingerprint density at radius 2 is 1.76 bits per heavy atom. The number of pyridine rings is 1. The van der Waals surface area contributed by atoms with Crippen LogP contribution in [0.1, 0.15) is 66.1 Å². The number of halogens is 7. The van der Waals surface area contributed by atoms with E-state index in [9.17, 15) is 41.0 Å². The van der Waals surface area contributed by atoms with Gasteiger partial charge in [-0.1, -0.05) is 30.5 Å². The van der Waals surface area contributed by atoms with Gasteiger partial charge in [-0.15, -0.1) is 0 Å². The zero-order valence-corrected chi connectivity index (χ0v) is 32.5. The molecule has 0 bridgehead atoms. The number of fused-ring (bicyclic) bond motifs is 4. The minimum absolute atomic E-state index is 0.0113. The largest absolute Gasteiger partial charge is 0.392 e. The summed E-state index contributed by atoms with van der Waals surface area (Å²) in [7, 11) is -2.35. The molecule has 306 valence electrons. The van der Waals surface area contributed by atoms with E-state index in [2.05, 4.69) is 37.1 Å². The summed E-state index contributed by atoms with van der Waals surface area (Å²) in [5.74, 6) is -4.10. The van der Waals surface area contributed by atoms with Gasteiger partial charge in [-0.05, 0) is 61.1 Å². The Kier molecular flexibility index (Phi) is 10.3. The summed E-state index contributed by atoms with van der Waals surface area (Å²) < 4.78 is 117. The van der Waals surface area contributed by atoms with E-state index in [1.807, 2.05) is 0 Å². The van der Waals surface area contributed by atoms with E-state index in [1.54, 1.807) is 6.07 Å². The molecule has 12 nitrogen and oxygen atoms in total. The number of carbonyl (C=O) groups is 1. The highest BCUT2D eigenvalue weighted by atomic mass is 35.5. The van der Waals surface area contributed by atoms with Gasteiger partial charge in [0, 0.05) is 41.6 Å². The van der Waals surface area contributed by atoms with Crippen LogP contribution in [-0.4, -0.2) is 67.5 Å². The van der Waals surface area contributed by atoms with Gasteiger partial charge in [0.15, 0.2) is 5.82 Å². The number of carbonyl (C=O) groups excluding carboxylic acids is 1. The van der Waals surface area contributed by atoms with Gasteiger partial charge in [-0.25, -0.2) is 31.0 Å². The predicted molar refractivity (Wildman–Crippen MR) is 199 cm³/mol. The molecule has 0 radical (unpaired) electrons. The number of rotatable bonds is 11. The Bertz CT molecular complexity index is 2660. The Morgan fingerprint density at radius 1 is 1.09 bits per heavy atom. The van der Waals surface area contributed by atoms with Gasteiger partial charge < -0.3 is 15.5 Å². The van der Waals surface area contributed by atoms with Crippen LogP contribution in [0.3, 0.4) is 0 Å². The van der Waals surface area contributed by atoms with Crippen LogP contribution in [0.25, 0.3) is 22.0 Å². The van der Waals surface area contributed by atoms with Crippen molar-refractivity contribution in [1.82, 2.24) is 29.9 Å². The number of sulfonamides is 1. The summed E-state index contributed by atoms with van der Waals surface area (Å²) in [6.45, 7) is 1.08. The number of aryl methyl sites for hydroxylation is 1. The number of nitrogens with zero attached hydrogens (tertiary/aromatic N) is 5. The van der Waals surface area contributed by atoms with E-state index in [4.69, 9.17) is 11.6 Å². The highest BCUT2D eigenvalue weighted by Gasteiger charge is 2.71. The van der Waals surface area contributed by atoms with Gasteiger partial charge in [-0.2, -0.15) is 19.0 Å². The lowest BCUT2D eigenvalue weighted by molar-refractivity contribution is -0.123. The lowest BCUT2D eigenvalue weighted by Crippen LogP contribution is -2.35. The number of aliphatic hydroxyl groups is 2. The lowest BCUT2D eigenvalue weighted by Gasteiger charge is -2.23. The maximum atomic E-state index is 15.6. The minimum atomic E-state index is -3.85. The molecule has 5 atom stereocenters. The van der Waals surface area contributed by atoms with Crippen molar-refractivity contribution in [3.63, 3.8) is 0 Å². The molecule has 4 N–H and O–H groups in total. The van der Waals surface area contributed by atoms with Gasteiger partial charge in [0.05, 0.1) is 40.5 Å². The van der Waals surface area contributed by atoms with Crippen molar-refractivity contribution in [2.75, 3.05) is 17.6 Å². The van der Waals surface area contributed by atoms with Crippen LogP contribution in [0, 0.1) is 35.3 Å². The van der Waals surface area contributed by atoms with Crippen molar-refractivity contribution in [3.8, 4) is 23.0 Å². The second kappa shape index (κ2) is 14.6. The molecule has 2 aromatic carbocycles. The summed E-state index contributed by atoms with van der Waals surface area (Å²) >= 11 is 6.57. The normalized spacial score (nSPS) is 19.6. The number of anilines is 1. The van der Waals surface area contributed by atoms with Gasteiger partial charge >= 0.3 is 0 Å². The average Bonchev–Trinajstić information content (AvgIpc) is 3.35. The van der Waals surface area contributed by atoms with Crippen molar-refractivity contribution in [3.05, 3.63) is 93.0 Å². The van der Waals surface area contributed by atoms with E-state index in [0.29, 0.717) is 16.3 Å². The van der Waals surface area contributed by atoms with E-state index in [-0.39, 0.29) is 56.2 Å². The first-order valence-electron chi connectivity index (χ1n) is 17.6. The molecule has 20 heteroatoms.